The van der Waals surface area contributed by atoms with Crippen LogP contribution in [-0.2, 0) is 9.47 Å². The largest absolute Gasteiger partial charge is 0.389 e. The van der Waals surface area contributed by atoms with Crippen LogP contribution in [0.5, 0.6) is 0 Å². The molecule has 2 fully saturated rings. The minimum absolute atomic E-state index is 0.256. The summed E-state index contributed by atoms with van der Waals surface area (Å²) in [5, 5.41) is 10.1. The number of β-amino-alcohol motifs (C(OH)–C–C–N with tert-alkyl or cyclic N) is 1. The van der Waals surface area contributed by atoms with E-state index in [2.05, 4.69) is 25.7 Å². The molecule has 4 heteroatoms. The molecule has 0 aromatic heterocycles. The first kappa shape index (κ1) is 15.2. The van der Waals surface area contributed by atoms with Crippen molar-refractivity contribution in [1.29, 1.82) is 0 Å². The standard InChI is InChI=1S/C15H29NO3/c1-11-5-4-6-15(11)18-10-14(17)9-16-7-12(2)19-13(3)8-16/h11-15,17H,4-10H2,1-3H3/t11-,12+,13+,14-,15+/m0/s1. The van der Waals surface area contributed by atoms with E-state index >= 15 is 0 Å². The topological polar surface area (TPSA) is 41.9 Å². The van der Waals surface area contributed by atoms with E-state index in [4.69, 9.17) is 9.47 Å². The number of rotatable bonds is 5. The lowest BCUT2D eigenvalue weighted by Crippen LogP contribution is -2.48. The van der Waals surface area contributed by atoms with E-state index in [1.165, 1.54) is 12.8 Å². The fraction of sp³-hybridized carbons (Fsp3) is 1.00. The average Bonchev–Trinajstić information content (AvgIpc) is 2.71. The lowest BCUT2D eigenvalue weighted by molar-refractivity contribution is -0.0872. The van der Waals surface area contributed by atoms with Crippen LogP contribution in [0, 0.1) is 5.92 Å². The van der Waals surface area contributed by atoms with Gasteiger partial charge in [-0.15, -0.1) is 0 Å². The van der Waals surface area contributed by atoms with Crippen LogP contribution in [0.25, 0.3) is 0 Å². The van der Waals surface area contributed by atoms with E-state index < -0.39 is 0 Å². The molecule has 5 atom stereocenters. The summed E-state index contributed by atoms with van der Waals surface area (Å²) in [6.45, 7) is 9.39. The molecular weight excluding hydrogens is 242 g/mol. The number of ether oxygens (including phenoxy) is 2. The summed E-state index contributed by atoms with van der Waals surface area (Å²) in [7, 11) is 0. The maximum atomic E-state index is 10.1. The van der Waals surface area contributed by atoms with Gasteiger partial charge >= 0.3 is 0 Å². The van der Waals surface area contributed by atoms with Gasteiger partial charge < -0.3 is 14.6 Å². The summed E-state index contributed by atoms with van der Waals surface area (Å²) >= 11 is 0. The Morgan fingerprint density at radius 1 is 1.21 bits per heavy atom. The van der Waals surface area contributed by atoms with E-state index in [9.17, 15) is 5.11 Å². The SMILES string of the molecule is C[C@@H]1CN(C[C@H](O)CO[C@@H]2CCC[C@@H]2C)C[C@@H](C)O1. The van der Waals surface area contributed by atoms with E-state index in [1.54, 1.807) is 0 Å². The quantitative estimate of drug-likeness (QED) is 0.826. The van der Waals surface area contributed by atoms with Crippen molar-refractivity contribution in [3.05, 3.63) is 0 Å². The van der Waals surface area contributed by atoms with Gasteiger partial charge in [-0.25, -0.2) is 0 Å². The molecular formula is C15H29NO3. The summed E-state index contributed by atoms with van der Waals surface area (Å²) in [6, 6.07) is 0. The molecule has 0 amide bonds. The first-order valence-electron chi connectivity index (χ1n) is 7.72. The lowest BCUT2D eigenvalue weighted by Gasteiger charge is -2.36. The minimum Gasteiger partial charge on any atom is -0.389 e. The van der Waals surface area contributed by atoms with Crippen molar-refractivity contribution < 1.29 is 14.6 Å². The average molecular weight is 271 g/mol. The summed E-state index contributed by atoms with van der Waals surface area (Å²) in [5.74, 6) is 0.649. The molecule has 2 aliphatic rings. The monoisotopic (exact) mass is 271 g/mol. The second-order valence-corrected chi connectivity index (χ2v) is 6.41. The van der Waals surface area contributed by atoms with Crippen molar-refractivity contribution in [2.24, 2.45) is 5.92 Å². The Bertz CT molecular complexity index is 264. The Labute approximate surface area is 117 Å². The van der Waals surface area contributed by atoms with Gasteiger partial charge in [0.05, 0.1) is 31.0 Å². The third kappa shape index (κ3) is 4.71. The maximum absolute atomic E-state index is 10.1. The molecule has 1 saturated heterocycles. The summed E-state index contributed by atoms with van der Waals surface area (Å²) in [6.07, 6.45) is 4.17. The second kappa shape index (κ2) is 7.02. The molecule has 1 heterocycles. The Hall–Kier alpha value is -0.160. The highest BCUT2D eigenvalue weighted by atomic mass is 16.5. The number of nitrogens with zero attached hydrogens (tertiary/aromatic N) is 1. The Morgan fingerprint density at radius 3 is 2.47 bits per heavy atom. The molecule has 1 aliphatic carbocycles. The Kier molecular flexibility index (Phi) is 5.63. The molecule has 0 spiro atoms. The molecule has 4 nitrogen and oxygen atoms in total. The summed E-state index contributed by atoms with van der Waals surface area (Å²) in [4.78, 5) is 2.28. The van der Waals surface area contributed by atoms with Crippen molar-refractivity contribution in [2.75, 3.05) is 26.2 Å². The van der Waals surface area contributed by atoms with Gasteiger partial charge in [-0.05, 0) is 32.6 Å². The smallest absolute Gasteiger partial charge is 0.0900 e. The fourth-order valence-electron chi connectivity index (χ4n) is 3.38. The lowest BCUT2D eigenvalue weighted by atomic mass is 10.1. The van der Waals surface area contributed by atoms with Crippen molar-refractivity contribution in [1.82, 2.24) is 4.90 Å². The van der Waals surface area contributed by atoms with Crippen LogP contribution in [0.4, 0.5) is 0 Å². The highest BCUT2D eigenvalue weighted by Crippen LogP contribution is 2.27. The second-order valence-electron chi connectivity index (χ2n) is 6.41. The molecule has 0 radical (unpaired) electrons. The van der Waals surface area contributed by atoms with E-state index in [0.717, 1.165) is 19.5 Å². The van der Waals surface area contributed by atoms with Crippen LogP contribution >= 0.6 is 0 Å². The molecule has 19 heavy (non-hydrogen) atoms. The molecule has 2 rings (SSSR count). The molecule has 0 aromatic carbocycles. The van der Waals surface area contributed by atoms with Gasteiger partial charge in [-0.3, -0.25) is 4.90 Å². The fourth-order valence-corrected chi connectivity index (χ4v) is 3.38. The predicted molar refractivity (Wildman–Crippen MR) is 75.2 cm³/mol. The van der Waals surface area contributed by atoms with Crippen LogP contribution in [-0.4, -0.2) is 60.7 Å². The molecule has 112 valence electrons. The Balaban J connectivity index is 1.67. The zero-order chi connectivity index (χ0) is 13.8. The van der Waals surface area contributed by atoms with Gasteiger partial charge in [-0.1, -0.05) is 13.3 Å². The zero-order valence-corrected chi connectivity index (χ0v) is 12.5. The zero-order valence-electron chi connectivity index (χ0n) is 12.5. The van der Waals surface area contributed by atoms with Crippen molar-refractivity contribution >= 4 is 0 Å². The van der Waals surface area contributed by atoms with Gasteiger partial charge in [-0.2, -0.15) is 0 Å². The van der Waals surface area contributed by atoms with E-state index in [0.29, 0.717) is 25.2 Å². The van der Waals surface area contributed by atoms with Gasteiger partial charge in [0.2, 0.25) is 0 Å². The van der Waals surface area contributed by atoms with Gasteiger partial charge in [0.1, 0.15) is 0 Å². The summed E-state index contributed by atoms with van der Waals surface area (Å²) in [5.41, 5.74) is 0. The van der Waals surface area contributed by atoms with Gasteiger partial charge in [0, 0.05) is 19.6 Å². The number of aliphatic hydroxyl groups excluding tert-OH is 1. The van der Waals surface area contributed by atoms with Crippen LogP contribution in [0.3, 0.4) is 0 Å². The molecule has 0 unspecified atom stereocenters. The van der Waals surface area contributed by atoms with Crippen LogP contribution in [0.1, 0.15) is 40.0 Å². The first-order chi connectivity index (χ1) is 9.04. The van der Waals surface area contributed by atoms with Gasteiger partial charge in [0.25, 0.3) is 0 Å². The van der Waals surface area contributed by atoms with Crippen molar-refractivity contribution in [2.45, 2.75) is 64.4 Å². The third-order valence-electron chi connectivity index (χ3n) is 4.25. The van der Waals surface area contributed by atoms with E-state index in [1.807, 2.05) is 0 Å². The predicted octanol–water partition coefficient (Wildman–Crippen LogP) is 1.66. The molecule has 1 N–H and O–H groups in total. The molecule has 1 aliphatic heterocycles. The van der Waals surface area contributed by atoms with E-state index in [-0.39, 0.29) is 18.3 Å². The van der Waals surface area contributed by atoms with Gasteiger partial charge in [0.15, 0.2) is 0 Å². The molecule has 0 aromatic rings. The molecule has 1 saturated carbocycles. The maximum Gasteiger partial charge on any atom is 0.0900 e. The number of hydrogen-bond donors (Lipinski definition) is 1. The number of aliphatic hydroxyl groups is 1. The molecule has 0 bridgehead atoms. The van der Waals surface area contributed by atoms with Crippen LogP contribution in [0.15, 0.2) is 0 Å². The number of morpholine rings is 1. The highest BCUT2D eigenvalue weighted by Gasteiger charge is 2.26. The van der Waals surface area contributed by atoms with Crippen LogP contribution < -0.4 is 0 Å². The van der Waals surface area contributed by atoms with Crippen molar-refractivity contribution in [3.8, 4) is 0 Å². The Morgan fingerprint density at radius 2 is 1.89 bits per heavy atom. The normalized spacial score (nSPS) is 38.5. The first-order valence-corrected chi connectivity index (χ1v) is 7.72. The highest BCUT2D eigenvalue weighted by molar-refractivity contribution is 4.77. The minimum atomic E-state index is -0.384. The van der Waals surface area contributed by atoms with Crippen LogP contribution in [0.2, 0.25) is 0 Å². The summed E-state index contributed by atoms with van der Waals surface area (Å²) < 4.78 is 11.6. The third-order valence-corrected chi connectivity index (χ3v) is 4.25. The number of hydrogen-bond acceptors (Lipinski definition) is 4. The van der Waals surface area contributed by atoms with Crippen molar-refractivity contribution in [3.63, 3.8) is 0 Å².